The average molecular weight is 247 g/mol. The van der Waals surface area contributed by atoms with Crippen molar-refractivity contribution in [3.8, 4) is 0 Å². The molecule has 2 fully saturated rings. The number of rotatable bonds is 5. The predicted octanol–water partition coefficient (Wildman–Crippen LogP) is 2.53. The van der Waals surface area contributed by atoms with E-state index in [1.807, 2.05) is 0 Å². The maximum absolute atomic E-state index is 3.45. The molecule has 2 nitrogen and oxygen atoms in total. The van der Waals surface area contributed by atoms with E-state index in [0.29, 0.717) is 0 Å². The quantitative estimate of drug-likeness (QED) is 0.802. The molecule has 0 aromatic rings. The standard InChI is InChI=1S/C13H26N2.ClH/c1-2-15(10-12-4-3-5-12)11-13-6-8-14-9-7-13;/h12-14H,2-11H2,1H3;1H. The van der Waals surface area contributed by atoms with Gasteiger partial charge in [0, 0.05) is 13.1 Å². The first kappa shape index (κ1) is 14.3. The molecule has 0 amide bonds. The molecule has 1 heterocycles. The van der Waals surface area contributed by atoms with Crippen LogP contribution in [-0.2, 0) is 0 Å². The van der Waals surface area contributed by atoms with Crippen molar-refractivity contribution >= 4 is 12.4 Å². The van der Waals surface area contributed by atoms with Crippen LogP contribution in [0.3, 0.4) is 0 Å². The fraction of sp³-hybridized carbons (Fsp3) is 1.00. The summed E-state index contributed by atoms with van der Waals surface area (Å²) >= 11 is 0. The summed E-state index contributed by atoms with van der Waals surface area (Å²) in [7, 11) is 0. The summed E-state index contributed by atoms with van der Waals surface area (Å²) in [6.45, 7) is 8.78. The summed E-state index contributed by atoms with van der Waals surface area (Å²) in [6.07, 6.45) is 7.24. The maximum atomic E-state index is 3.45. The van der Waals surface area contributed by atoms with Crippen LogP contribution in [0.25, 0.3) is 0 Å². The first-order chi connectivity index (χ1) is 7.38. The highest BCUT2D eigenvalue weighted by molar-refractivity contribution is 5.85. The third-order valence-corrected chi connectivity index (χ3v) is 4.16. The zero-order valence-electron chi connectivity index (χ0n) is 10.6. The summed E-state index contributed by atoms with van der Waals surface area (Å²) in [5.41, 5.74) is 0. The zero-order chi connectivity index (χ0) is 10.5. The summed E-state index contributed by atoms with van der Waals surface area (Å²) in [4.78, 5) is 2.69. The molecule has 0 unspecified atom stereocenters. The number of nitrogens with one attached hydrogen (secondary N) is 1. The van der Waals surface area contributed by atoms with E-state index >= 15 is 0 Å². The van der Waals surface area contributed by atoms with Crippen LogP contribution < -0.4 is 5.32 Å². The van der Waals surface area contributed by atoms with Crippen LogP contribution in [0.1, 0.15) is 39.0 Å². The molecule has 3 heteroatoms. The third-order valence-electron chi connectivity index (χ3n) is 4.16. The lowest BCUT2D eigenvalue weighted by molar-refractivity contribution is 0.152. The average Bonchev–Trinajstić information content (AvgIpc) is 2.23. The van der Waals surface area contributed by atoms with E-state index in [1.165, 1.54) is 64.8 Å². The van der Waals surface area contributed by atoms with E-state index in [4.69, 9.17) is 0 Å². The van der Waals surface area contributed by atoms with E-state index in [0.717, 1.165) is 11.8 Å². The lowest BCUT2D eigenvalue weighted by Crippen LogP contribution is -2.39. The first-order valence-electron chi connectivity index (χ1n) is 6.81. The van der Waals surface area contributed by atoms with Crippen molar-refractivity contribution in [2.24, 2.45) is 11.8 Å². The zero-order valence-corrected chi connectivity index (χ0v) is 11.4. The van der Waals surface area contributed by atoms with Gasteiger partial charge in [-0.05, 0) is 57.2 Å². The minimum absolute atomic E-state index is 0. The Bertz CT molecular complexity index is 177. The first-order valence-corrected chi connectivity index (χ1v) is 6.81. The second kappa shape index (κ2) is 7.52. The molecule has 0 aromatic carbocycles. The van der Waals surface area contributed by atoms with Crippen molar-refractivity contribution in [2.75, 3.05) is 32.7 Å². The number of hydrogen-bond donors (Lipinski definition) is 1. The topological polar surface area (TPSA) is 15.3 Å². The summed E-state index contributed by atoms with van der Waals surface area (Å²) in [5.74, 6) is 2.00. The van der Waals surface area contributed by atoms with Gasteiger partial charge < -0.3 is 10.2 Å². The molecule has 0 radical (unpaired) electrons. The normalized spacial score (nSPS) is 22.9. The largest absolute Gasteiger partial charge is 0.317 e. The van der Waals surface area contributed by atoms with E-state index < -0.39 is 0 Å². The molecule has 2 rings (SSSR count). The molecule has 1 aliphatic heterocycles. The fourth-order valence-corrected chi connectivity index (χ4v) is 2.80. The smallest absolute Gasteiger partial charge is 0.00106 e. The minimum atomic E-state index is 0. The molecule has 1 aliphatic carbocycles. The second-order valence-electron chi connectivity index (χ2n) is 5.34. The van der Waals surface area contributed by atoms with Gasteiger partial charge in [0.1, 0.15) is 0 Å². The van der Waals surface area contributed by atoms with Crippen molar-refractivity contribution < 1.29 is 0 Å². The summed E-state index contributed by atoms with van der Waals surface area (Å²) in [6, 6.07) is 0. The summed E-state index contributed by atoms with van der Waals surface area (Å²) in [5, 5.41) is 3.45. The van der Waals surface area contributed by atoms with Crippen molar-refractivity contribution in [3.63, 3.8) is 0 Å². The second-order valence-corrected chi connectivity index (χ2v) is 5.34. The van der Waals surface area contributed by atoms with Crippen LogP contribution in [0.5, 0.6) is 0 Å². The molecule has 0 atom stereocenters. The number of piperidine rings is 1. The molecule has 96 valence electrons. The van der Waals surface area contributed by atoms with Crippen LogP contribution in [0, 0.1) is 11.8 Å². The molecule has 0 bridgehead atoms. The lowest BCUT2D eigenvalue weighted by atomic mass is 9.85. The maximum Gasteiger partial charge on any atom is 0.00106 e. The highest BCUT2D eigenvalue weighted by Gasteiger charge is 2.22. The van der Waals surface area contributed by atoms with Crippen LogP contribution in [-0.4, -0.2) is 37.6 Å². The van der Waals surface area contributed by atoms with Gasteiger partial charge >= 0.3 is 0 Å². The monoisotopic (exact) mass is 246 g/mol. The van der Waals surface area contributed by atoms with Gasteiger partial charge in [-0.2, -0.15) is 0 Å². The molecular formula is C13H27ClN2. The number of nitrogens with zero attached hydrogens (tertiary/aromatic N) is 1. The van der Waals surface area contributed by atoms with Crippen molar-refractivity contribution in [3.05, 3.63) is 0 Å². The summed E-state index contributed by atoms with van der Waals surface area (Å²) < 4.78 is 0. The van der Waals surface area contributed by atoms with Gasteiger partial charge in [-0.25, -0.2) is 0 Å². The van der Waals surface area contributed by atoms with E-state index in [1.54, 1.807) is 0 Å². The molecule has 0 aromatic heterocycles. The molecule has 1 saturated carbocycles. The Hall–Kier alpha value is 0.210. The van der Waals surface area contributed by atoms with Gasteiger partial charge in [-0.1, -0.05) is 13.3 Å². The predicted molar refractivity (Wildman–Crippen MR) is 72.3 cm³/mol. The molecular weight excluding hydrogens is 220 g/mol. The van der Waals surface area contributed by atoms with Gasteiger partial charge in [-0.3, -0.25) is 0 Å². The van der Waals surface area contributed by atoms with Crippen LogP contribution in [0.2, 0.25) is 0 Å². The fourth-order valence-electron chi connectivity index (χ4n) is 2.80. The molecule has 2 aliphatic rings. The van der Waals surface area contributed by atoms with Crippen molar-refractivity contribution in [2.45, 2.75) is 39.0 Å². The molecule has 0 spiro atoms. The Morgan fingerprint density at radius 1 is 1.00 bits per heavy atom. The molecule has 16 heavy (non-hydrogen) atoms. The number of halogens is 1. The Labute approximate surface area is 107 Å². The Morgan fingerprint density at radius 2 is 1.56 bits per heavy atom. The van der Waals surface area contributed by atoms with Crippen LogP contribution in [0.4, 0.5) is 0 Å². The van der Waals surface area contributed by atoms with Crippen LogP contribution in [0.15, 0.2) is 0 Å². The van der Waals surface area contributed by atoms with Gasteiger partial charge in [0.15, 0.2) is 0 Å². The van der Waals surface area contributed by atoms with Gasteiger partial charge in [0.05, 0.1) is 0 Å². The number of hydrogen-bond acceptors (Lipinski definition) is 2. The lowest BCUT2D eigenvalue weighted by Gasteiger charge is -2.34. The molecule has 1 N–H and O–H groups in total. The third kappa shape index (κ3) is 4.23. The van der Waals surface area contributed by atoms with E-state index in [2.05, 4.69) is 17.1 Å². The minimum Gasteiger partial charge on any atom is -0.317 e. The van der Waals surface area contributed by atoms with Gasteiger partial charge in [0.25, 0.3) is 0 Å². The van der Waals surface area contributed by atoms with Gasteiger partial charge in [-0.15, -0.1) is 12.4 Å². The van der Waals surface area contributed by atoms with Crippen molar-refractivity contribution in [1.29, 1.82) is 0 Å². The Balaban J connectivity index is 0.00000128. The highest BCUT2D eigenvalue weighted by atomic mass is 35.5. The van der Waals surface area contributed by atoms with E-state index in [9.17, 15) is 0 Å². The molecule has 1 saturated heterocycles. The van der Waals surface area contributed by atoms with Crippen LogP contribution >= 0.6 is 12.4 Å². The highest BCUT2D eigenvalue weighted by Crippen LogP contribution is 2.27. The van der Waals surface area contributed by atoms with Crippen molar-refractivity contribution in [1.82, 2.24) is 10.2 Å². The van der Waals surface area contributed by atoms with Gasteiger partial charge in [0.2, 0.25) is 0 Å². The van der Waals surface area contributed by atoms with E-state index in [-0.39, 0.29) is 12.4 Å². The Kier molecular flexibility index (Phi) is 6.71. The SMILES string of the molecule is CCN(CC1CCC1)CC1CCNCC1.Cl. The Morgan fingerprint density at radius 3 is 2.00 bits per heavy atom.